The molecule has 1 aromatic rings. The highest BCUT2D eigenvalue weighted by molar-refractivity contribution is 5.91. The maximum Gasteiger partial charge on any atom is 0.293 e. The average molecular weight is 192 g/mol. The summed E-state index contributed by atoms with van der Waals surface area (Å²) in [7, 11) is 0. The molecule has 4 heteroatoms. The van der Waals surface area contributed by atoms with E-state index < -0.39 is 0 Å². The maximum atomic E-state index is 11.7. The Morgan fingerprint density at radius 1 is 1.79 bits per heavy atom. The Bertz CT molecular complexity index is 362. The highest BCUT2D eigenvalue weighted by Gasteiger charge is 2.17. The van der Waals surface area contributed by atoms with Crippen molar-refractivity contribution in [1.82, 2.24) is 10.1 Å². The van der Waals surface area contributed by atoms with Gasteiger partial charge in [-0.15, -0.1) is 6.42 Å². The molecule has 0 N–H and O–H groups in total. The van der Waals surface area contributed by atoms with Crippen molar-refractivity contribution in [1.29, 1.82) is 0 Å². The Balaban J connectivity index is 2.78. The van der Waals surface area contributed by atoms with Crippen molar-refractivity contribution in [3.05, 3.63) is 17.5 Å². The van der Waals surface area contributed by atoms with E-state index in [-0.39, 0.29) is 18.2 Å². The quantitative estimate of drug-likeness (QED) is 0.673. The van der Waals surface area contributed by atoms with E-state index in [2.05, 4.69) is 11.1 Å². The Hall–Kier alpha value is -1.76. The maximum absolute atomic E-state index is 11.7. The van der Waals surface area contributed by atoms with Crippen molar-refractivity contribution in [3.8, 4) is 12.3 Å². The van der Waals surface area contributed by atoms with E-state index in [9.17, 15) is 4.79 Å². The summed E-state index contributed by atoms with van der Waals surface area (Å²) in [5.41, 5.74) is 0.685. The first-order chi connectivity index (χ1) is 6.69. The number of hydrogen-bond donors (Lipinski definition) is 0. The summed E-state index contributed by atoms with van der Waals surface area (Å²) in [5, 5.41) is 3.64. The van der Waals surface area contributed by atoms with Crippen LogP contribution in [0.25, 0.3) is 0 Å². The van der Waals surface area contributed by atoms with Gasteiger partial charge in [0.05, 0.1) is 12.2 Å². The molecule has 0 saturated carbocycles. The fourth-order valence-corrected chi connectivity index (χ4v) is 1.06. The SMILES string of the molecule is C#CCN(CC)C(=O)c1cc(C)no1. The lowest BCUT2D eigenvalue weighted by molar-refractivity contribution is 0.0743. The van der Waals surface area contributed by atoms with Crippen LogP contribution in [0.3, 0.4) is 0 Å². The largest absolute Gasteiger partial charge is 0.351 e. The molecule has 1 aromatic heterocycles. The van der Waals surface area contributed by atoms with Crippen molar-refractivity contribution in [2.45, 2.75) is 13.8 Å². The zero-order chi connectivity index (χ0) is 10.6. The van der Waals surface area contributed by atoms with Gasteiger partial charge >= 0.3 is 0 Å². The van der Waals surface area contributed by atoms with Gasteiger partial charge in [0.25, 0.3) is 5.91 Å². The van der Waals surface area contributed by atoms with Crippen LogP contribution in [0.15, 0.2) is 10.6 Å². The van der Waals surface area contributed by atoms with Crippen molar-refractivity contribution in [2.75, 3.05) is 13.1 Å². The predicted octanol–water partition coefficient (Wildman–Crippen LogP) is 1.08. The molecule has 0 spiro atoms. The molecule has 0 aromatic carbocycles. The molecule has 0 atom stereocenters. The smallest absolute Gasteiger partial charge is 0.293 e. The second-order valence-electron chi connectivity index (χ2n) is 2.86. The molecule has 0 unspecified atom stereocenters. The Kier molecular flexibility index (Phi) is 3.29. The minimum absolute atomic E-state index is 0.217. The summed E-state index contributed by atoms with van der Waals surface area (Å²) < 4.78 is 4.85. The summed E-state index contributed by atoms with van der Waals surface area (Å²) in [4.78, 5) is 13.2. The molecule has 0 aliphatic heterocycles. The number of aryl methyl sites for hydroxylation is 1. The van der Waals surface area contributed by atoms with Crippen LogP contribution in [0.2, 0.25) is 0 Å². The van der Waals surface area contributed by atoms with Crippen LogP contribution in [-0.4, -0.2) is 29.1 Å². The summed E-state index contributed by atoms with van der Waals surface area (Å²) in [6.45, 7) is 4.47. The minimum atomic E-state index is -0.217. The summed E-state index contributed by atoms with van der Waals surface area (Å²) in [6, 6.07) is 1.60. The average Bonchev–Trinajstić information content (AvgIpc) is 2.60. The van der Waals surface area contributed by atoms with Gasteiger partial charge in [-0.2, -0.15) is 0 Å². The van der Waals surface area contributed by atoms with Crippen molar-refractivity contribution < 1.29 is 9.32 Å². The molecule has 0 bridgehead atoms. The number of hydrogen-bond acceptors (Lipinski definition) is 3. The first-order valence-electron chi connectivity index (χ1n) is 4.35. The number of aromatic nitrogens is 1. The van der Waals surface area contributed by atoms with Crippen LogP contribution in [0.5, 0.6) is 0 Å². The molecule has 0 saturated heterocycles. The highest BCUT2D eigenvalue weighted by atomic mass is 16.5. The van der Waals surface area contributed by atoms with Crippen LogP contribution in [0.1, 0.15) is 23.2 Å². The van der Waals surface area contributed by atoms with Gasteiger partial charge in [0, 0.05) is 12.6 Å². The molecule has 0 radical (unpaired) electrons. The van der Waals surface area contributed by atoms with Gasteiger partial charge < -0.3 is 9.42 Å². The molecule has 4 nitrogen and oxygen atoms in total. The number of nitrogens with zero attached hydrogens (tertiary/aromatic N) is 2. The number of rotatable bonds is 3. The van der Waals surface area contributed by atoms with E-state index in [1.54, 1.807) is 13.0 Å². The third-order valence-electron chi connectivity index (χ3n) is 1.79. The molecule has 1 amide bonds. The van der Waals surface area contributed by atoms with Crippen LogP contribution in [0.4, 0.5) is 0 Å². The first-order valence-corrected chi connectivity index (χ1v) is 4.35. The Morgan fingerprint density at radius 2 is 2.50 bits per heavy atom. The second kappa shape index (κ2) is 4.47. The number of amides is 1. The molecular formula is C10H12N2O2. The van der Waals surface area contributed by atoms with Gasteiger partial charge in [-0.1, -0.05) is 11.1 Å². The van der Waals surface area contributed by atoms with Gasteiger partial charge in [-0.25, -0.2) is 0 Å². The van der Waals surface area contributed by atoms with Gasteiger partial charge in [0.15, 0.2) is 0 Å². The molecule has 0 aliphatic rings. The monoisotopic (exact) mass is 192 g/mol. The molecule has 14 heavy (non-hydrogen) atoms. The lowest BCUT2D eigenvalue weighted by atomic mass is 10.3. The second-order valence-corrected chi connectivity index (χ2v) is 2.86. The molecule has 1 rings (SSSR count). The van der Waals surface area contributed by atoms with Crippen LogP contribution in [-0.2, 0) is 0 Å². The van der Waals surface area contributed by atoms with Gasteiger partial charge in [0.1, 0.15) is 0 Å². The van der Waals surface area contributed by atoms with E-state index in [0.29, 0.717) is 12.2 Å². The molecular weight excluding hydrogens is 180 g/mol. The predicted molar refractivity (Wildman–Crippen MR) is 51.7 cm³/mol. The number of carbonyl (C=O) groups excluding carboxylic acids is 1. The molecule has 74 valence electrons. The van der Waals surface area contributed by atoms with Gasteiger partial charge in [-0.3, -0.25) is 4.79 Å². The number of carbonyl (C=O) groups is 1. The Labute approximate surface area is 82.9 Å². The lowest BCUT2D eigenvalue weighted by Crippen LogP contribution is -2.30. The topological polar surface area (TPSA) is 46.3 Å². The van der Waals surface area contributed by atoms with Crippen LogP contribution in [0, 0.1) is 19.3 Å². The van der Waals surface area contributed by atoms with Gasteiger partial charge in [0.2, 0.25) is 5.76 Å². The van der Waals surface area contributed by atoms with Crippen molar-refractivity contribution in [3.63, 3.8) is 0 Å². The highest BCUT2D eigenvalue weighted by Crippen LogP contribution is 2.06. The zero-order valence-electron chi connectivity index (χ0n) is 8.28. The van der Waals surface area contributed by atoms with Crippen molar-refractivity contribution in [2.24, 2.45) is 0 Å². The molecule has 1 heterocycles. The van der Waals surface area contributed by atoms with Crippen molar-refractivity contribution >= 4 is 5.91 Å². The summed E-state index contributed by atoms with van der Waals surface area (Å²) >= 11 is 0. The lowest BCUT2D eigenvalue weighted by Gasteiger charge is -2.15. The standard InChI is InChI=1S/C10H12N2O2/c1-4-6-12(5-2)10(13)9-7-8(3)11-14-9/h1,7H,5-6H2,2-3H3. The van der Waals surface area contributed by atoms with E-state index in [0.717, 1.165) is 0 Å². The third-order valence-corrected chi connectivity index (χ3v) is 1.79. The number of terminal acetylenes is 1. The van der Waals surface area contributed by atoms with Crippen LogP contribution < -0.4 is 0 Å². The fraction of sp³-hybridized carbons (Fsp3) is 0.400. The van der Waals surface area contributed by atoms with E-state index in [1.165, 1.54) is 4.90 Å². The molecule has 0 aliphatic carbocycles. The van der Waals surface area contributed by atoms with Gasteiger partial charge in [-0.05, 0) is 13.8 Å². The fourth-order valence-electron chi connectivity index (χ4n) is 1.06. The molecule has 0 fully saturated rings. The Morgan fingerprint density at radius 3 is 2.93 bits per heavy atom. The minimum Gasteiger partial charge on any atom is -0.351 e. The van der Waals surface area contributed by atoms with Crippen LogP contribution >= 0.6 is 0 Å². The zero-order valence-corrected chi connectivity index (χ0v) is 8.28. The normalized spacial score (nSPS) is 9.50. The van der Waals surface area contributed by atoms with E-state index in [4.69, 9.17) is 10.9 Å². The first kappa shape index (κ1) is 10.3. The van der Waals surface area contributed by atoms with E-state index >= 15 is 0 Å². The van der Waals surface area contributed by atoms with E-state index in [1.807, 2.05) is 6.92 Å². The third kappa shape index (κ3) is 2.13. The summed E-state index contributed by atoms with van der Waals surface area (Å²) in [5.74, 6) is 2.44. The summed E-state index contributed by atoms with van der Waals surface area (Å²) in [6.07, 6.45) is 5.14.